The number of ether oxygens (including phenoxy) is 1. The standard InChI is InChI=1S/C18H21FN2O2S/c1-23-17-9-5-3-6-14(17)12-21-18(22)20-10-11-24-13-15-7-2-4-8-16(15)19/h2-9H,10-13H2,1H3,(H2,20,21,22). The van der Waals surface area contributed by atoms with Crippen LogP contribution in [0.1, 0.15) is 11.1 Å². The van der Waals surface area contributed by atoms with Crippen molar-refractivity contribution < 1.29 is 13.9 Å². The predicted octanol–water partition coefficient (Wildman–Crippen LogP) is 3.57. The molecule has 0 aliphatic carbocycles. The molecule has 2 aromatic carbocycles. The summed E-state index contributed by atoms with van der Waals surface area (Å²) < 4.78 is 18.7. The second-order valence-corrected chi connectivity index (χ2v) is 6.17. The van der Waals surface area contributed by atoms with Gasteiger partial charge in [-0.1, -0.05) is 36.4 Å². The largest absolute Gasteiger partial charge is 0.496 e. The van der Waals surface area contributed by atoms with Gasteiger partial charge in [0.05, 0.1) is 7.11 Å². The van der Waals surface area contributed by atoms with Gasteiger partial charge in [-0.25, -0.2) is 9.18 Å². The van der Waals surface area contributed by atoms with Gasteiger partial charge in [-0.05, 0) is 17.7 Å². The Morgan fingerprint density at radius 3 is 2.54 bits per heavy atom. The van der Waals surface area contributed by atoms with Crippen molar-refractivity contribution in [3.63, 3.8) is 0 Å². The van der Waals surface area contributed by atoms with Crippen molar-refractivity contribution in [2.45, 2.75) is 12.3 Å². The molecule has 0 bridgehead atoms. The van der Waals surface area contributed by atoms with E-state index in [1.165, 1.54) is 6.07 Å². The van der Waals surface area contributed by atoms with E-state index in [2.05, 4.69) is 10.6 Å². The van der Waals surface area contributed by atoms with Gasteiger partial charge < -0.3 is 15.4 Å². The average molecular weight is 348 g/mol. The SMILES string of the molecule is COc1ccccc1CNC(=O)NCCSCc1ccccc1F. The van der Waals surface area contributed by atoms with E-state index in [1.54, 1.807) is 31.0 Å². The molecule has 2 aromatic rings. The molecular formula is C18H21FN2O2S. The Hall–Kier alpha value is -2.21. The van der Waals surface area contributed by atoms with Crippen LogP contribution in [-0.2, 0) is 12.3 Å². The number of carbonyl (C=O) groups is 1. The van der Waals surface area contributed by atoms with Gasteiger partial charge in [-0.15, -0.1) is 0 Å². The van der Waals surface area contributed by atoms with Crippen LogP contribution in [-0.4, -0.2) is 25.4 Å². The molecule has 0 aromatic heterocycles. The van der Waals surface area contributed by atoms with Gasteiger partial charge in [-0.3, -0.25) is 0 Å². The Morgan fingerprint density at radius 1 is 1.08 bits per heavy atom. The second-order valence-electron chi connectivity index (χ2n) is 5.07. The third-order valence-corrected chi connectivity index (χ3v) is 4.39. The van der Waals surface area contributed by atoms with E-state index in [9.17, 15) is 9.18 Å². The summed E-state index contributed by atoms with van der Waals surface area (Å²) in [7, 11) is 1.60. The zero-order chi connectivity index (χ0) is 17.2. The first-order valence-electron chi connectivity index (χ1n) is 7.65. The maximum atomic E-state index is 13.4. The van der Waals surface area contributed by atoms with Gasteiger partial charge >= 0.3 is 6.03 Å². The minimum atomic E-state index is -0.229. The number of methoxy groups -OCH3 is 1. The van der Waals surface area contributed by atoms with Crippen molar-refractivity contribution in [2.24, 2.45) is 0 Å². The summed E-state index contributed by atoms with van der Waals surface area (Å²) in [6.45, 7) is 0.926. The van der Waals surface area contributed by atoms with E-state index in [0.717, 1.165) is 17.1 Å². The molecule has 0 radical (unpaired) electrons. The van der Waals surface area contributed by atoms with Gasteiger partial charge in [0.15, 0.2) is 0 Å². The fourth-order valence-electron chi connectivity index (χ4n) is 2.12. The number of rotatable bonds is 8. The predicted molar refractivity (Wildman–Crippen MR) is 95.8 cm³/mol. The van der Waals surface area contributed by atoms with Crippen LogP contribution in [0.4, 0.5) is 9.18 Å². The number of urea groups is 1. The number of hydrogen-bond acceptors (Lipinski definition) is 3. The Morgan fingerprint density at radius 2 is 1.79 bits per heavy atom. The van der Waals surface area contributed by atoms with Crippen molar-refractivity contribution in [1.29, 1.82) is 0 Å². The Bertz CT molecular complexity index is 667. The summed E-state index contributed by atoms with van der Waals surface area (Å²) in [4.78, 5) is 11.8. The van der Waals surface area contributed by atoms with E-state index < -0.39 is 0 Å². The molecule has 24 heavy (non-hydrogen) atoms. The lowest BCUT2D eigenvalue weighted by atomic mass is 10.2. The Balaban J connectivity index is 1.62. The molecule has 0 saturated heterocycles. The van der Waals surface area contributed by atoms with Gasteiger partial charge in [0.1, 0.15) is 11.6 Å². The second kappa shape index (κ2) is 9.82. The molecule has 0 aliphatic heterocycles. The van der Waals surface area contributed by atoms with Crippen molar-refractivity contribution in [3.8, 4) is 5.75 Å². The molecule has 2 amide bonds. The minimum absolute atomic E-state index is 0.187. The number of amides is 2. The van der Waals surface area contributed by atoms with Crippen LogP contribution in [0.5, 0.6) is 5.75 Å². The van der Waals surface area contributed by atoms with E-state index in [-0.39, 0.29) is 11.8 Å². The topological polar surface area (TPSA) is 50.4 Å². The first-order valence-corrected chi connectivity index (χ1v) is 8.81. The Labute approximate surface area is 145 Å². The van der Waals surface area contributed by atoms with Gasteiger partial charge in [-0.2, -0.15) is 11.8 Å². The fraction of sp³-hybridized carbons (Fsp3) is 0.278. The lowest BCUT2D eigenvalue weighted by Gasteiger charge is -2.10. The highest BCUT2D eigenvalue weighted by molar-refractivity contribution is 7.98. The molecule has 0 fully saturated rings. The summed E-state index contributed by atoms with van der Waals surface area (Å²) >= 11 is 1.58. The van der Waals surface area contributed by atoms with Gasteiger partial charge in [0.25, 0.3) is 0 Å². The minimum Gasteiger partial charge on any atom is -0.496 e. The normalized spacial score (nSPS) is 10.2. The van der Waals surface area contributed by atoms with E-state index in [4.69, 9.17) is 4.74 Å². The zero-order valence-electron chi connectivity index (χ0n) is 13.5. The van der Waals surface area contributed by atoms with E-state index in [1.807, 2.05) is 30.3 Å². The molecule has 2 rings (SSSR count). The van der Waals surface area contributed by atoms with Gasteiger partial charge in [0, 0.05) is 30.2 Å². The molecule has 0 spiro atoms. The van der Waals surface area contributed by atoms with Crippen molar-refractivity contribution in [3.05, 3.63) is 65.5 Å². The highest BCUT2D eigenvalue weighted by atomic mass is 32.2. The van der Waals surface area contributed by atoms with Crippen LogP contribution in [0.3, 0.4) is 0 Å². The summed E-state index contributed by atoms with van der Waals surface area (Å²) in [5.41, 5.74) is 1.60. The molecule has 128 valence electrons. The molecule has 4 nitrogen and oxygen atoms in total. The summed E-state index contributed by atoms with van der Waals surface area (Å²) in [5, 5.41) is 5.58. The number of halogens is 1. The molecule has 2 N–H and O–H groups in total. The lowest BCUT2D eigenvalue weighted by molar-refractivity contribution is 0.241. The third kappa shape index (κ3) is 5.77. The fourth-order valence-corrected chi connectivity index (χ4v) is 2.97. The molecule has 0 atom stereocenters. The average Bonchev–Trinajstić information content (AvgIpc) is 2.61. The maximum Gasteiger partial charge on any atom is 0.315 e. The first-order chi connectivity index (χ1) is 11.7. The van der Waals surface area contributed by atoms with Crippen LogP contribution >= 0.6 is 11.8 Å². The van der Waals surface area contributed by atoms with E-state index in [0.29, 0.717) is 24.4 Å². The van der Waals surface area contributed by atoms with Crippen LogP contribution in [0.15, 0.2) is 48.5 Å². The quantitative estimate of drug-likeness (QED) is 0.717. The zero-order valence-corrected chi connectivity index (χ0v) is 14.4. The molecule has 6 heteroatoms. The summed E-state index contributed by atoms with van der Waals surface area (Å²) in [5.74, 6) is 1.87. The van der Waals surface area contributed by atoms with Crippen LogP contribution in [0, 0.1) is 5.82 Å². The molecule has 0 unspecified atom stereocenters. The first kappa shape index (κ1) is 18.1. The monoisotopic (exact) mass is 348 g/mol. The number of thioether (sulfide) groups is 1. The Kier molecular flexibility index (Phi) is 7.42. The maximum absolute atomic E-state index is 13.4. The van der Waals surface area contributed by atoms with E-state index >= 15 is 0 Å². The number of benzene rings is 2. The molecule has 0 saturated carbocycles. The summed E-state index contributed by atoms with van der Waals surface area (Å²) in [6.07, 6.45) is 0. The van der Waals surface area contributed by atoms with Crippen LogP contribution < -0.4 is 15.4 Å². The molecular weight excluding hydrogens is 327 g/mol. The smallest absolute Gasteiger partial charge is 0.315 e. The van der Waals surface area contributed by atoms with Gasteiger partial charge in [0.2, 0.25) is 0 Å². The van der Waals surface area contributed by atoms with Crippen LogP contribution in [0.25, 0.3) is 0 Å². The highest BCUT2D eigenvalue weighted by Gasteiger charge is 2.05. The number of para-hydroxylation sites is 1. The number of carbonyl (C=O) groups excluding carboxylic acids is 1. The van der Waals surface area contributed by atoms with Crippen molar-refractivity contribution in [1.82, 2.24) is 10.6 Å². The van der Waals surface area contributed by atoms with Crippen molar-refractivity contribution >= 4 is 17.8 Å². The summed E-state index contributed by atoms with van der Waals surface area (Å²) in [6, 6.07) is 14.0. The van der Waals surface area contributed by atoms with Crippen LogP contribution in [0.2, 0.25) is 0 Å². The molecule has 0 heterocycles. The number of nitrogens with one attached hydrogen (secondary N) is 2. The van der Waals surface area contributed by atoms with Crippen molar-refractivity contribution in [2.75, 3.05) is 19.4 Å². The number of hydrogen-bond donors (Lipinski definition) is 2. The third-order valence-electron chi connectivity index (χ3n) is 3.38. The molecule has 0 aliphatic rings. The highest BCUT2D eigenvalue weighted by Crippen LogP contribution is 2.16. The lowest BCUT2D eigenvalue weighted by Crippen LogP contribution is -2.36.